The van der Waals surface area contributed by atoms with Crippen LogP contribution in [0.1, 0.15) is 25.2 Å². The van der Waals surface area contributed by atoms with Gasteiger partial charge in [-0.15, -0.1) is 0 Å². The van der Waals surface area contributed by atoms with Gasteiger partial charge in [-0.3, -0.25) is 9.58 Å². The molecule has 0 bridgehead atoms. The second-order valence-corrected chi connectivity index (χ2v) is 5.42. The van der Waals surface area contributed by atoms with Crippen LogP contribution in [-0.2, 0) is 13.6 Å². The molecule has 1 aliphatic heterocycles. The lowest BCUT2D eigenvalue weighted by Gasteiger charge is -2.39. The highest BCUT2D eigenvalue weighted by atomic mass is 15.3. The van der Waals surface area contributed by atoms with E-state index in [0.29, 0.717) is 0 Å². The van der Waals surface area contributed by atoms with Crippen LogP contribution in [0.2, 0.25) is 0 Å². The summed E-state index contributed by atoms with van der Waals surface area (Å²) >= 11 is 0. The van der Waals surface area contributed by atoms with Crippen LogP contribution >= 0.6 is 0 Å². The summed E-state index contributed by atoms with van der Waals surface area (Å²) in [6.07, 6.45) is 0. The highest BCUT2D eigenvalue weighted by Crippen LogP contribution is 2.13. The van der Waals surface area contributed by atoms with Gasteiger partial charge in [0, 0.05) is 38.8 Å². The van der Waals surface area contributed by atoms with Gasteiger partial charge in [0.2, 0.25) is 0 Å². The molecule has 2 heterocycles. The number of hydrogen-bond acceptors (Lipinski definition) is 3. The third kappa shape index (κ3) is 2.62. The Morgan fingerprint density at radius 1 is 1.50 bits per heavy atom. The molecule has 1 saturated heterocycles. The molecule has 0 atom stereocenters. The smallest absolute Gasteiger partial charge is 0.0597 e. The van der Waals surface area contributed by atoms with Crippen molar-refractivity contribution >= 4 is 0 Å². The van der Waals surface area contributed by atoms with E-state index in [1.165, 1.54) is 5.69 Å². The van der Waals surface area contributed by atoms with E-state index in [-0.39, 0.29) is 5.54 Å². The lowest BCUT2D eigenvalue weighted by Crippen LogP contribution is -2.56. The van der Waals surface area contributed by atoms with Gasteiger partial charge in [0.25, 0.3) is 0 Å². The molecule has 1 fully saturated rings. The largest absolute Gasteiger partial charge is 0.309 e. The summed E-state index contributed by atoms with van der Waals surface area (Å²) in [6, 6.07) is 2.18. The van der Waals surface area contributed by atoms with E-state index in [9.17, 15) is 0 Å². The molecule has 1 aromatic rings. The number of piperazine rings is 1. The molecule has 4 heteroatoms. The Morgan fingerprint density at radius 3 is 2.81 bits per heavy atom. The number of hydrogen-bond donors (Lipinski definition) is 1. The predicted octanol–water partition coefficient (Wildman–Crippen LogP) is 0.912. The Labute approximate surface area is 97.6 Å². The summed E-state index contributed by atoms with van der Waals surface area (Å²) in [5.41, 5.74) is 2.63. The Hall–Kier alpha value is -0.870. The molecule has 0 aliphatic carbocycles. The number of nitrogens with zero attached hydrogens (tertiary/aromatic N) is 3. The molecule has 1 aromatic heterocycles. The quantitative estimate of drug-likeness (QED) is 0.807. The van der Waals surface area contributed by atoms with E-state index in [1.807, 2.05) is 18.7 Å². The Bertz CT molecular complexity index is 367. The second kappa shape index (κ2) is 4.18. The van der Waals surface area contributed by atoms with Gasteiger partial charge in [-0.05, 0) is 26.8 Å². The number of rotatable bonds is 2. The van der Waals surface area contributed by atoms with E-state index in [1.54, 1.807) is 0 Å². The van der Waals surface area contributed by atoms with Gasteiger partial charge in [-0.25, -0.2) is 0 Å². The maximum atomic E-state index is 4.39. The number of aromatic nitrogens is 2. The average Bonchev–Trinajstić information content (AvgIpc) is 2.43. The maximum Gasteiger partial charge on any atom is 0.0597 e. The topological polar surface area (TPSA) is 33.1 Å². The molecule has 0 amide bonds. The average molecular weight is 222 g/mol. The molecule has 0 radical (unpaired) electrons. The summed E-state index contributed by atoms with van der Waals surface area (Å²) in [5, 5.41) is 7.92. The molecular weight excluding hydrogens is 200 g/mol. The maximum absolute atomic E-state index is 4.39. The lowest BCUT2D eigenvalue weighted by atomic mass is 10.0. The molecule has 1 aliphatic rings. The van der Waals surface area contributed by atoms with Crippen molar-refractivity contribution in [2.24, 2.45) is 7.05 Å². The number of nitrogens with one attached hydrogen (secondary N) is 1. The van der Waals surface area contributed by atoms with Gasteiger partial charge in [0.05, 0.1) is 11.4 Å². The van der Waals surface area contributed by atoms with Crippen molar-refractivity contribution in [2.45, 2.75) is 32.9 Å². The SMILES string of the molecule is Cc1cc(CN2CCNC(C)(C)C2)n(C)n1. The van der Waals surface area contributed by atoms with Crippen molar-refractivity contribution < 1.29 is 0 Å². The van der Waals surface area contributed by atoms with Crippen molar-refractivity contribution in [1.29, 1.82) is 0 Å². The summed E-state index contributed by atoms with van der Waals surface area (Å²) in [4.78, 5) is 2.49. The Morgan fingerprint density at radius 2 is 2.25 bits per heavy atom. The molecule has 16 heavy (non-hydrogen) atoms. The van der Waals surface area contributed by atoms with Gasteiger partial charge in [-0.2, -0.15) is 5.10 Å². The first kappa shape index (κ1) is 11.6. The first-order valence-electron chi connectivity index (χ1n) is 5.93. The zero-order chi connectivity index (χ0) is 11.8. The van der Waals surface area contributed by atoms with E-state index in [2.05, 4.69) is 35.2 Å². The van der Waals surface area contributed by atoms with Gasteiger partial charge in [0.1, 0.15) is 0 Å². The second-order valence-electron chi connectivity index (χ2n) is 5.42. The summed E-state index contributed by atoms with van der Waals surface area (Å²) < 4.78 is 1.99. The van der Waals surface area contributed by atoms with Crippen molar-refractivity contribution in [3.8, 4) is 0 Å². The first-order chi connectivity index (χ1) is 7.46. The summed E-state index contributed by atoms with van der Waals surface area (Å²) in [6.45, 7) is 10.9. The van der Waals surface area contributed by atoms with Gasteiger partial charge in [0.15, 0.2) is 0 Å². The summed E-state index contributed by atoms with van der Waals surface area (Å²) in [7, 11) is 2.02. The molecule has 0 unspecified atom stereocenters. The van der Waals surface area contributed by atoms with Crippen LogP contribution in [0.25, 0.3) is 0 Å². The summed E-state index contributed by atoms with van der Waals surface area (Å²) in [5.74, 6) is 0. The molecule has 2 rings (SSSR count). The minimum atomic E-state index is 0.228. The minimum absolute atomic E-state index is 0.228. The molecule has 90 valence electrons. The van der Waals surface area contributed by atoms with Crippen molar-refractivity contribution in [3.05, 3.63) is 17.5 Å². The molecular formula is C12H22N4. The van der Waals surface area contributed by atoms with Crippen molar-refractivity contribution in [3.63, 3.8) is 0 Å². The molecule has 0 aromatic carbocycles. The number of aryl methyl sites for hydroxylation is 2. The lowest BCUT2D eigenvalue weighted by molar-refractivity contribution is 0.145. The fourth-order valence-electron chi connectivity index (χ4n) is 2.42. The Kier molecular flexibility index (Phi) is 3.04. The van der Waals surface area contributed by atoms with Crippen LogP contribution in [0.5, 0.6) is 0 Å². The van der Waals surface area contributed by atoms with Gasteiger partial charge >= 0.3 is 0 Å². The third-order valence-corrected chi connectivity index (χ3v) is 3.13. The van der Waals surface area contributed by atoms with Gasteiger partial charge < -0.3 is 5.32 Å². The molecule has 0 saturated carbocycles. The van der Waals surface area contributed by atoms with E-state index >= 15 is 0 Å². The first-order valence-corrected chi connectivity index (χ1v) is 5.93. The fraction of sp³-hybridized carbons (Fsp3) is 0.750. The van der Waals surface area contributed by atoms with Crippen LogP contribution in [0.3, 0.4) is 0 Å². The highest BCUT2D eigenvalue weighted by Gasteiger charge is 2.25. The van der Waals surface area contributed by atoms with Crippen LogP contribution < -0.4 is 5.32 Å². The van der Waals surface area contributed by atoms with E-state index in [4.69, 9.17) is 0 Å². The zero-order valence-electron chi connectivity index (χ0n) is 10.7. The predicted molar refractivity (Wildman–Crippen MR) is 65.3 cm³/mol. The third-order valence-electron chi connectivity index (χ3n) is 3.13. The van der Waals surface area contributed by atoms with Crippen LogP contribution in [0, 0.1) is 6.92 Å². The van der Waals surface area contributed by atoms with Crippen molar-refractivity contribution in [1.82, 2.24) is 20.0 Å². The normalized spacial score (nSPS) is 21.2. The van der Waals surface area contributed by atoms with Crippen LogP contribution in [-0.4, -0.2) is 39.9 Å². The highest BCUT2D eigenvalue weighted by molar-refractivity contribution is 5.08. The van der Waals surface area contributed by atoms with E-state index < -0.39 is 0 Å². The zero-order valence-corrected chi connectivity index (χ0v) is 10.7. The molecule has 4 nitrogen and oxygen atoms in total. The van der Waals surface area contributed by atoms with Gasteiger partial charge in [-0.1, -0.05) is 0 Å². The molecule has 1 N–H and O–H groups in total. The standard InChI is InChI=1S/C12H22N4/c1-10-7-11(15(4)14-10)8-16-6-5-13-12(2,3)9-16/h7,13H,5-6,8-9H2,1-4H3. The van der Waals surface area contributed by atoms with Crippen molar-refractivity contribution in [2.75, 3.05) is 19.6 Å². The fourth-order valence-corrected chi connectivity index (χ4v) is 2.42. The minimum Gasteiger partial charge on any atom is -0.309 e. The van der Waals surface area contributed by atoms with E-state index in [0.717, 1.165) is 31.9 Å². The monoisotopic (exact) mass is 222 g/mol. The van der Waals surface area contributed by atoms with Crippen LogP contribution in [0.4, 0.5) is 0 Å². The molecule has 0 spiro atoms. The Balaban J connectivity index is 2.02. The van der Waals surface area contributed by atoms with Crippen LogP contribution in [0.15, 0.2) is 6.07 Å².